The molecular weight excluding hydrogens is 472 g/mol. The Hall–Kier alpha value is -2.06. The largest absolute Gasteiger partial charge is 0.508 e. The molecule has 3 aromatic rings. The van der Waals surface area contributed by atoms with Gasteiger partial charge in [-0.1, -0.05) is 41.4 Å². The first-order chi connectivity index (χ1) is 14.3. The van der Waals surface area contributed by atoms with Crippen LogP contribution in [0.1, 0.15) is 0 Å². The van der Waals surface area contributed by atoms with Crippen molar-refractivity contribution < 1.29 is 14.3 Å². The van der Waals surface area contributed by atoms with Crippen molar-refractivity contribution in [3.05, 3.63) is 51.7 Å². The van der Waals surface area contributed by atoms with Gasteiger partial charge in [-0.05, 0) is 29.7 Å². The molecule has 1 aliphatic heterocycles. The van der Waals surface area contributed by atoms with Gasteiger partial charge in [0.15, 0.2) is 5.82 Å². The van der Waals surface area contributed by atoms with E-state index in [2.05, 4.69) is 15.9 Å². The molecule has 10 heteroatoms. The second-order valence-electron chi connectivity index (χ2n) is 6.74. The number of carbonyl (C=O) groups is 1. The van der Waals surface area contributed by atoms with E-state index in [0.29, 0.717) is 31.6 Å². The number of amides is 1. The Labute approximate surface area is 191 Å². The van der Waals surface area contributed by atoms with Gasteiger partial charge in [0.2, 0.25) is 5.91 Å². The van der Waals surface area contributed by atoms with E-state index in [1.54, 1.807) is 11.0 Å². The first-order valence-corrected chi connectivity index (χ1v) is 10.8. The van der Waals surface area contributed by atoms with Crippen LogP contribution in [0.5, 0.6) is 5.75 Å². The highest BCUT2D eigenvalue weighted by molar-refractivity contribution is 7.11. The van der Waals surface area contributed by atoms with Crippen LogP contribution in [-0.2, 0) is 4.79 Å². The number of hydrogen-bond acceptors (Lipinski definition) is 5. The van der Waals surface area contributed by atoms with Gasteiger partial charge < -0.3 is 14.9 Å². The number of aromatic nitrogens is 1. The molecule has 0 unspecified atom stereocenters. The Balaban J connectivity index is 1.75. The number of phenols is 1. The van der Waals surface area contributed by atoms with Crippen molar-refractivity contribution in [2.45, 2.75) is 0 Å². The summed E-state index contributed by atoms with van der Waals surface area (Å²) in [6.45, 7) is 5.77. The smallest absolute Gasteiger partial charge is 0.246 e. The number of anilines is 1. The summed E-state index contributed by atoms with van der Waals surface area (Å²) in [7, 11) is 0. The first kappa shape index (κ1) is 21.2. The number of phenolic OH excluding ortho intramolecular Hbond substituents is 1. The van der Waals surface area contributed by atoms with Gasteiger partial charge in [0.1, 0.15) is 16.3 Å². The van der Waals surface area contributed by atoms with E-state index in [4.69, 9.17) is 34.8 Å². The standard InChI is InChI=1S/C20H15Cl3FN3O2S/c1-2-15(29)26-3-5-27(6-4-26)20-12-9-13(21)16(18(24)19(12)25-30-20)11-7-10(28)8-14(22)17(11)23/h2,7-9,28H,1,3-6H2. The molecule has 1 fully saturated rings. The summed E-state index contributed by atoms with van der Waals surface area (Å²) in [6, 6.07) is 4.23. The molecule has 0 saturated carbocycles. The maximum atomic E-state index is 15.4. The first-order valence-electron chi connectivity index (χ1n) is 8.94. The average molecular weight is 487 g/mol. The summed E-state index contributed by atoms with van der Waals surface area (Å²) < 4.78 is 19.7. The fourth-order valence-corrected chi connectivity index (χ4v) is 5.11. The Bertz CT molecular complexity index is 1180. The second kappa shape index (κ2) is 8.23. The summed E-state index contributed by atoms with van der Waals surface area (Å²) >= 11 is 19.9. The predicted octanol–water partition coefficient (Wildman–Crippen LogP) is 5.60. The lowest BCUT2D eigenvalue weighted by Crippen LogP contribution is -2.48. The van der Waals surface area contributed by atoms with Crippen molar-refractivity contribution in [1.29, 1.82) is 0 Å². The zero-order chi connectivity index (χ0) is 21.6. The van der Waals surface area contributed by atoms with Gasteiger partial charge in [-0.25, -0.2) is 4.39 Å². The fraction of sp³-hybridized carbons (Fsp3) is 0.200. The molecular formula is C20H15Cl3FN3O2S. The minimum Gasteiger partial charge on any atom is -0.508 e. The van der Waals surface area contributed by atoms with Gasteiger partial charge in [-0.3, -0.25) is 4.79 Å². The number of aromatic hydroxyl groups is 1. The number of benzene rings is 2. The third-order valence-electron chi connectivity index (χ3n) is 4.98. The number of nitrogens with zero attached hydrogens (tertiary/aromatic N) is 3. The summed E-state index contributed by atoms with van der Waals surface area (Å²) in [6.07, 6.45) is 1.30. The van der Waals surface area contributed by atoms with Crippen LogP contribution >= 0.6 is 46.3 Å². The van der Waals surface area contributed by atoms with Gasteiger partial charge in [0.25, 0.3) is 0 Å². The molecule has 4 rings (SSSR count). The number of fused-ring (bicyclic) bond motifs is 1. The van der Waals surface area contributed by atoms with Crippen LogP contribution in [0.4, 0.5) is 9.39 Å². The van der Waals surface area contributed by atoms with Crippen molar-refractivity contribution in [2.75, 3.05) is 31.1 Å². The topological polar surface area (TPSA) is 56.7 Å². The van der Waals surface area contributed by atoms with E-state index in [1.807, 2.05) is 0 Å². The quantitative estimate of drug-likeness (QED) is 0.489. The lowest BCUT2D eigenvalue weighted by atomic mass is 10.0. The third kappa shape index (κ3) is 3.60. The number of piperazine rings is 1. The molecule has 0 atom stereocenters. The highest BCUT2D eigenvalue weighted by Crippen LogP contribution is 2.45. The Morgan fingerprint density at radius 1 is 1.17 bits per heavy atom. The molecule has 1 amide bonds. The van der Waals surface area contributed by atoms with E-state index in [-0.39, 0.29) is 43.4 Å². The Kier molecular flexibility index (Phi) is 5.81. The summed E-state index contributed by atoms with van der Waals surface area (Å²) in [5.74, 6) is -0.894. The van der Waals surface area contributed by atoms with Gasteiger partial charge in [-0.15, -0.1) is 0 Å². The van der Waals surface area contributed by atoms with Gasteiger partial charge in [0.05, 0.1) is 15.1 Å². The van der Waals surface area contributed by atoms with Crippen molar-refractivity contribution >= 4 is 68.1 Å². The minimum absolute atomic E-state index is 0.0326. The molecule has 0 radical (unpaired) electrons. The van der Waals surface area contributed by atoms with Gasteiger partial charge in [-0.2, -0.15) is 4.37 Å². The zero-order valence-corrected chi connectivity index (χ0v) is 18.5. The number of rotatable bonds is 3. The molecule has 0 bridgehead atoms. The summed E-state index contributed by atoms with van der Waals surface area (Å²) in [5, 5.41) is 11.5. The zero-order valence-electron chi connectivity index (χ0n) is 15.5. The maximum absolute atomic E-state index is 15.4. The van der Waals surface area contributed by atoms with Crippen molar-refractivity contribution in [3.8, 4) is 16.9 Å². The fourth-order valence-electron chi connectivity index (χ4n) is 3.49. The molecule has 2 aromatic carbocycles. The van der Waals surface area contributed by atoms with E-state index >= 15 is 4.39 Å². The second-order valence-corrected chi connectivity index (χ2v) is 8.68. The molecule has 30 heavy (non-hydrogen) atoms. The molecule has 0 spiro atoms. The number of carbonyl (C=O) groups excluding carboxylic acids is 1. The van der Waals surface area contributed by atoms with Crippen LogP contribution in [0.15, 0.2) is 30.9 Å². The molecule has 1 aromatic heterocycles. The van der Waals surface area contributed by atoms with Crippen LogP contribution < -0.4 is 4.90 Å². The minimum atomic E-state index is -0.635. The van der Waals surface area contributed by atoms with Crippen LogP contribution in [0, 0.1) is 5.82 Å². The number of halogens is 4. The van der Waals surface area contributed by atoms with E-state index in [1.165, 1.54) is 29.7 Å². The summed E-state index contributed by atoms with van der Waals surface area (Å²) in [4.78, 5) is 15.6. The van der Waals surface area contributed by atoms with Gasteiger partial charge in [0, 0.05) is 48.8 Å². The average Bonchev–Trinajstić information content (AvgIpc) is 3.15. The lowest BCUT2D eigenvalue weighted by molar-refractivity contribution is -0.126. The molecule has 1 aliphatic rings. The third-order valence-corrected chi connectivity index (χ3v) is 7.01. The molecule has 2 heterocycles. The number of hydrogen-bond donors (Lipinski definition) is 1. The molecule has 1 N–H and O–H groups in total. The maximum Gasteiger partial charge on any atom is 0.246 e. The normalized spacial score (nSPS) is 14.4. The molecule has 0 aliphatic carbocycles. The van der Waals surface area contributed by atoms with Crippen LogP contribution in [-0.4, -0.2) is 46.5 Å². The van der Waals surface area contributed by atoms with Gasteiger partial charge >= 0.3 is 0 Å². The monoisotopic (exact) mass is 485 g/mol. The van der Waals surface area contributed by atoms with Crippen molar-refractivity contribution in [3.63, 3.8) is 0 Å². The van der Waals surface area contributed by atoms with Crippen molar-refractivity contribution in [1.82, 2.24) is 9.27 Å². The van der Waals surface area contributed by atoms with Crippen LogP contribution in [0.3, 0.4) is 0 Å². The van der Waals surface area contributed by atoms with E-state index < -0.39 is 5.82 Å². The van der Waals surface area contributed by atoms with Crippen molar-refractivity contribution in [2.24, 2.45) is 0 Å². The SMILES string of the molecule is C=CC(=O)N1CCN(c2snc3c(F)c(-c4cc(O)cc(Cl)c4Cl)c(Cl)cc23)CC1. The van der Waals surface area contributed by atoms with E-state index in [9.17, 15) is 9.90 Å². The van der Waals surface area contributed by atoms with Crippen LogP contribution in [0.25, 0.3) is 22.0 Å². The highest BCUT2D eigenvalue weighted by atomic mass is 35.5. The molecule has 156 valence electrons. The molecule has 5 nitrogen and oxygen atoms in total. The predicted molar refractivity (Wildman–Crippen MR) is 121 cm³/mol. The van der Waals surface area contributed by atoms with E-state index in [0.717, 1.165) is 5.00 Å². The Morgan fingerprint density at radius 2 is 1.87 bits per heavy atom. The highest BCUT2D eigenvalue weighted by Gasteiger charge is 2.26. The summed E-state index contributed by atoms with van der Waals surface area (Å²) in [5.41, 5.74) is 0.386. The van der Waals surface area contributed by atoms with Crippen LogP contribution in [0.2, 0.25) is 15.1 Å². The Morgan fingerprint density at radius 3 is 2.53 bits per heavy atom. The molecule has 1 saturated heterocycles. The lowest BCUT2D eigenvalue weighted by Gasteiger charge is -2.34.